The fourth-order valence-electron chi connectivity index (χ4n) is 1.80. The molecule has 0 aliphatic carbocycles. The molecule has 0 amide bonds. The molecule has 0 saturated carbocycles. The quantitative estimate of drug-likeness (QED) is 0.438. The van der Waals surface area contributed by atoms with Crippen molar-refractivity contribution in [2.24, 2.45) is 0 Å². The van der Waals surface area contributed by atoms with E-state index < -0.39 is 10.2 Å². The number of nitrogens with one attached hydrogen (secondary N) is 3. The molecule has 2 fully saturated rings. The van der Waals surface area contributed by atoms with E-state index in [1.807, 2.05) is 0 Å². The second-order valence-electron chi connectivity index (χ2n) is 3.49. The Kier molecular flexibility index (Phi) is 1.87. The van der Waals surface area contributed by atoms with Gasteiger partial charge in [-0.1, -0.05) is 0 Å². The Bertz CT molecular complexity index is 269. The van der Waals surface area contributed by atoms with Crippen LogP contribution in [0.5, 0.6) is 0 Å². The van der Waals surface area contributed by atoms with Crippen LogP contribution in [0.3, 0.4) is 0 Å². The van der Waals surface area contributed by atoms with Crippen molar-refractivity contribution in [3.05, 3.63) is 0 Å². The maximum absolute atomic E-state index is 11.1. The molecule has 5 nitrogen and oxygen atoms in total. The lowest BCUT2D eigenvalue weighted by Gasteiger charge is -2.31. The summed E-state index contributed by atoms with van der Waals surface area (Å²) in [6, 6.07) is 0. The largest absolute Gasteiger partial charge is 0.315 e. The van der Waals surface area contributed by atoms with Gasteiger partial charge in [-0.2, -0.15) is 13.1 Å². The second kappa shape index (κ2) is 2.66. The summed E-state index contributed by atoms with van der Waals surface area (Å²) in [5.74, 6) is 0. The topological polar surface area (TPSA) is 70.2 Å². The van der Waals surface area contributed by atoms with Crippen molar-refractivity contribution in [2.75, 3.05) is 19.6 Å². The maximum Gasteiger partial charge on any atom is 0.277 e. The molecule has 2 aliphatic heterocycles. The summed E-state index contributed by atoms with van der Waals surface area (Å²) in [4.78, 5) is 0. The van der Waals surface area contributed by atoms with E-state index in [0.29, 0.717) is 6.54 Å². The Hall–Kier alpha value is -0.170. The van der Waals surface area contributed by atoms with Crippen molar-refractivity contribution in [2.45, 2.75) is 18.4 Å². The maximum atomic E-state index is 11.1. The predicted molar refractivity (Wildman–Crippen MR) is 44.9 cm³/mol. The third-order valence-electron chi connectivity index (χ3n) is 2.42. The van der Waals surface area contributed by atoms with Gasteiger partial charge < -0.3 is 5.32 Å². The molecule has 1 unspecified atom stereocenters. The molecule has 6 heteroatoms. The zero-order valence-corrected chi connectivity index (χ0v) is 7.58. The van der Waals surface area contributed by atoms with Gasteiger partial charge in [0, 0.05) is 13.1 Å². The van der Waals surface area contributed by atoms with Gasteiger partial charge in [0.1, 0.15) is 0 Å². The van der Waals surface area contributed by atoms with Crippen LogP contribution in [0.2, 0.25) is 0 Å². The van der Waals surface area contributed by atoms with Crippen LogP contribution in [0.4, 0.5) is 0 Å². The molecule has 0 aromatic heterocycles. The first-order valence-electron chi connectivity index (χ1n) is 4.11. The minimum Gasteiger partial charge on any atom is -0.315 e. The Labute approximate surface area is 72.1 Å². The predicted octanol–water partition coefficient (Wildman–Crippen LogP) is -1.45. The zero-order chi connectivity index (χ0) is 8.66. The Morgan fingerprint density at radius 2 is 2.08 bits per heavy atom. The van der Waals surface area contributed by atoms with Crippen LogP contribution in [-0.4, -0.2) is 33.6 Å². The van der Waals surface area contributed by atoms with E-state index in [1.165, 1.54) is 0 Å². The zero-order valence-electron chi connectivity index (χ0n) is 6.76. The Balaban J connectivity index is 2.13. The first kappa shape index (κ1) is 8.43. The van der Waals surface area contributed by atoms with Gasteiger partial charge in [-0.3, -0.25) is 0 Å². The molecule has 0 aromatic carbocycles. The molecule has 0 bridgehead atoms. The minimum atomic E-state index is -3.19. The molecule has 2 aliphatic rings. The van der Waals surface area contributed by atoms with Crippen LogP contribution in [0.1, 0.15) is 12.8 Å². The Morgan fingerprint density at radius 1 is 1.25 bits per heavy atom. The van der Waals surface area contributed by atoms with E-state index in [4.69, 9.17) is 0 Å². The van der Waals surface area contributed by atoms with Crippen molar-refractivity contribution < 1.29 is 8.42 Å². The van der Waals surface area contributed by atoms with Gasteiger partial charge in [0.05, 0.1) is 5.54 Å². The smallest absolute Gasteiger partial charge is 0.277 e. The monoisotopic (exact) mass is 191 g/mol. The highest BCUT2D eigenvalue weighted by atomic mass is 32.2. The van der Waals surface area contributed by atoms with E-state index in [-0.39, 0.29) is 5.54 Å². The summed E-state index contributed by atoms with van der Waals surface area (Å²) < 4.78 is 27.2. The SMILES string of the molecule is O=S1(=O)NCC2(CCCNC2)N1. The standard InChI is InChI=1S/C6H13N3O2S/c10-12(11)8-5-6(9-12)2-1-3-7-4-6/h7-9H,1-5H2. The highest BCUT2D eigenvalue weighted by molar-refractivity contribution is 7.87. The van der Waals surface area contributed by atoms with Gasteiger partial charge in [0.15, 0.2) is 0 Å². The van der Waals surface area contributed by atoms with Crippen LogP contribution >= 0.6 is 0 Å². The van der Waals surface area contributed by atoms with E-state index in [9.17, 15) is 8.42 Å². The number of rotatable bonds is 0. The van der Waals surface area contributed by atoms with E-state index in [2.05, 4.69) is 14.8 Å². The van der Waals surface area contributed by atoms with Crippen molar-refractivity contribution in [3.8, 4) is 0 Å². The summed E-state index contributed by atoms with van der Waals surface area (Å²) in [5, 5.41) is 3.19. The third kappa shape index (κ3) is 1.47. The van der Waals surface area contributed by atoms with E-state index in [0.717, 1.165) is 25.9 Å². The first-order chi connectivity index (χ1) is 5.62. The molecule has 2 rings (SSSR count). The molecule has 70 valence electrons. The molecular weight excluding hydrogens is 178 g/mol. The Morgan fingerprint density at radius 3 is 2.58 bits per heavy atom. The van der Waals surface area contributed by atoms with Crippen LogP contribution in [-0.2, 0) is 10.2 Å². The molecule has 3 N–H and O–H groups in total. The summed E-state index contributed by atoms with van der Waals surface area (Å²) >= 11 is 0. The number of hydrogen-bond acceptors (Lipinski definition) is 3. The summed E-state index contributed by atoms with van der Waals surface area (Å²) in [5.41, 5.74) is -0.253. The van der Waals surface area contributed by atoms with E-state index in [1.54, 1.807) is 0 Å². The molecule has 0 radical (unpaired) electrons. The average Bonchev–Trinajstić information content (AvgIpc) is 2.29. The first-order valence-corrected chi connectivity index (χ1v) is 5.60. The molecule has 1 spiro atoms. The van der Waals surface area contributed by atoms with Crippen molar-refractivity contribution in [3.63, 3.8) is 0 Å². The summed E-state index contributed by atoms with van der Waals surface area (Å²) in [7, 11) is -3.19. The van der Waals surface area contributed by atoms with Gasteiger partial charge in [-0.25, -0.2) is 4.72 Å². The van der Waals surface area contributed by atoms with Crippen LogP contribution in [0.15, 0.2) is 0 Å². The number of hydrogen-bond donors (Lipinski definition) is 3. The van der Waals surface area contributed by atoms with Crippen molar-refractivity contribution in [1.82, 2.24) is 14.8 Å². The minimum absolute atomic E-state index is 0.253. The molecule has 12 heavy (non-hydrogen) atoms. The second-order valence-corrected chi connectivity index (χ2v) is 4.99. The molecule has 0 aromatic rings. The lowest BCUT2D eigenvalue weighted by molar-refractivity contribution is 0.309. The van der Waals surface area contributed by atoms with Gasteiger partial charge >= 0.3 is 0 Å². The lowest BCUT2D eigenvalue weighted by Crippen LogP contribution is -2.54. The fraction of sp³-hybridized carbons (Fsp3) is 1.00. The normalized spacial score (nSPS) is 40.3. The van der Waals surface area contributed by atoms with Gasteiger partial charge in [-0.15, -0.1) is 0 Å². The average molecular weight is 191 g/mol. The van der Waals surface area contributed by atoms with Crippen LogP contribution in [0.25, 0.3) is 0 Å². The van der Waals surface area contributed by atoms with Gasteiger partial charge in [-0.05, 0) is 19.4 Å². The molecule has 1 atom stereocenters. The fourth-order valence-corrected chi connectivity index (χ4v) is 3.15. The van der Waals surface area contributed by atoms with Crippen LogP contribution in [0, 0.1) is 0 Å². The van der Waals surface area contributed by atoms with Gasteiger partial charge in [0.2, 0.25) is 0 Å². The van der Waals surface area contributed by atoms with Gasteiger partial charge in [0.25, 0.3) is 10.2 Å². The highest BCUT2D eigenvalue weighted by Crippen LogP contribution is 2.19. The summed E-state index contributed by atoms with van der Waals surface area (Å²) in [6.45, 7) is 2.24. The van der Waals surface area contributed by atoms with Crippen LogP contribution < -0.4 is 14.8 Å². The van der Waals surface area contributed by atoms with Crippen molar-refractivity contribution >= 4 is 10.2 Å². The van der Waals surface area contributed by atoms with Crippen molar-refractivity contribution in [1.29, 1.82) is 0 Å². The molecule has 2 saturated heterocycles. The third-order valence-corrected chi connectivity index (χ3v) is 3.65. The summed E-state index contributed by atoms with van der Waals surface area (Å²) in [6.07, 6.45) is 1.95. The number of piperidine rings is 1. The molecule has 2 heterocycles. The molecular formula is C6H13N3O2S. The lowest BCUT2D eigenvalue weighted by atomic mass is 9.92. The van der Waals surface area contributed by atoms with E-state index >= 15 is 0 Å². The highest BCUT2D eigenvalue weighted by Gasteiger charge is 2.41.